The van der Waals surface area contributed by atoms with Gasteiger partial charge in [0.15, 0.2) is 0 Å². The van der Waals surface area contributed by atoms with Crippen molar-refractivity contribution in [2.75, 3.05) is 13.2 Å². The lowest BCUT2D eigenvalue weighted by molar-refractivity contribution is -0.146. The van der Waals surface area contributed by atoms with Gasteiger partial charge in [0.05, 0.1) is 24.7 Å². The highest BCUT2D eigenvalue weighted by molar-refractivity contribution is 5.94. The van der Waals surface area contributed by atoms with Crippen LogP contribution in [0.2, 0.25) is 0 Å². The maximum Gasteiger partial charge on any atom is 0.313 e. The molecular formula is C25H27NO4. The minimum Gasteiger partial charge on any atom is -0.465 e. The standard InChI is InChI=1S/C25H27NO4/c1-17-11-21-16-30-24(29)25(21,13-17)14-19-7-9-20(10-8-19)23(28)26-22(15-27)12-18-5-3-2-4-6-18/h2-10,21-22,27H,1,11-16H2,(H,26,28)/t21?,22-,25?/m0/s1. The van der Waals surface area contributed by atoms with Crippen molar-refractivity contribution >= 4 is 11.9 Å². The number of carbonyl (C=O) groups is 2. The maximum absolute atomic E-state index is 12.6. The van der Waals surface area contributed by atoms with Crippen LogP contribution in [0.1, 0.15) is 34.3 Å². The second kappa shape index (κ2) is 8.44. The number of cyclic esters (lactones) is 1. The number of fused-ring (bicyclic) bond motifs is 1. The summed E-state index contributed by atoms with van der Waals surface area (Å²) in [6.07, 6.45) is 2.69. The van der Waals surface area contributed by atoms with Gasteiger partial charge >= 0.3 is 5.97 Å². The molecule has 2 aromatic rings. The van der Waals surface area contributed by atoms with Crippen LogP contribution in [0.25, 0.3) is 0 Å². The quantitative estimate of drug-likeness (QED) is 0.548. The zero-order chi connectivity index (χ0) is 21.1. The van der Waals surface area contributed by atoms with Crippen molar-refractivity contribution in [3.8, 4) is 0 Å². The fourth-order valence-corrected chi connectivity index (χ4v) is 4.73. The van der Waals surface area contributed by atoms with Crippen LogP contribution >= 0.6 is 0 Å². The number of nitrogens with one attached hydrogen (secondary N) is 1. The van der Waals surface area contributed by atoms with Crippen molar-refractivity contribution in [1.29, 1.82) is 0 Å². The van der Waals surface area contributed by atoms with Crippen molar-refractivity contribution in [3.05, 3.63) is 83.4 Å². The molecule has 5 nitrogen and oxygen atoms in total. The van der Waals surface area contributed by atoms with Crippen LogP contribution in [0.5, 0.6) is 0 Å². The van der Waals surface area contributed by atoms with E-state index < -0.39 is 5.41 Å². The summed E-state index contributed by atoms with van der Waals surface area (Å²) >= 11 is 0. The lowest BCUT2D eigenvalue weighted by Gasteiger charge is -2.24. The summed E-state index contributed by atoms with van der Waals surface area (Å²) in [5, 5.41) is 12.6. The summed E-state index contributed by atoms with van der Waals surface area (Å²) in [6, 6.07) is 16.8. The highest BCUT2D eigenvalue weighted by atomic mass is 16.5. The molecule has 156 valence electrons. The number of carbonyl (C=O) groups excluding carboxylic acids is 2. The van der Waals surface area contributed by atoms with E-state index in [1.165, 1.54) is 0 Å². The minimum atomic E-state index is -0.501. The first kappa shape index (κ1) is 20.4. The van der Waals surface area contributed by atoms with E-state index in [9.17, 15) is 14.7 Å². The van der Waals surface area contributed by atoms with Crippen molar-refractivity contribution in [3.63, 3.8) is 0 Å². The fourth-order valence-electron chi connectivity index (χ4n) is 4.73. The first-order valence-corrected chi connectivity index (χ1v) is 10.4. The number of allylic oxidation sites excluding steroid dienone is 1. The van der Waals surface area contributed by atoms with E-state index in [1.54, 1.807) is 12.1 Å². The zero-order valence-corrected chi connectivity index (χ0v) is 17.0. The van der Waals surface area contributed by atoms with E-state index in [0.29, 0.717) is 31.4 Å². The molecule has 1 saturated heterocycles. The van der Waals surface area contributed by atoms with Crippen LogP contribution < -0.4 is 5.32 Å². The molecule has 1 heterocycles. The highest BCUT2D eigenvalue weighted by Gasteiger charge is 2.55. The van der Waals surface area contributed by atoms with Gasteiger partial charge in [-0.25, -0.2) is 0 Å². The van der Waals surface area contributed by atoms with Crippen LogP contribution in [0.15, 0.2) is 66.7 Å². The average Bonchev–Trinajstić information content (AvgIpc) is 3.22. The molecule has 0 bridgehead atoms. The molecule has 4 rings (SSSR count). The molecule has 3 atom stereocenters. The molecule has 2 aliphatic rings. The van der Waals surface area contributed by atoms with Crippen LogP contribution in [-0.4, -0.2) is 36.2 Å². The van der Waals surface area contributed by atoms with Crippen molar-refractivity contribution in [1.82, 2.24) is 5.32 Å². The van der Waals surface area contributed by atoms with Crippen LogP contribution in [0, 0.1) is 11.3 Å². The Balaban J connectivity index is 1.41. The SMILES string of the molecule is C=C1CC2COC(=O)C2(Cc2ccc(C(=O)N[C@H](CO)Cc3ccccc3)cc2)C1. The molecular weight excluding hydrogens is 378 g/mol. The molecule has 2 N–H and O–H groups in total. The van der Waals surface area contributed by atoms with Gasteiger partial charge in [0.1, 0.15) is 0 Å². The summed E-state index contributed by atoms with van der Waals surface area (Å²) in [4.78, 5) is 25.1. The van der Waals surface area contributed by atoms with Gasteiger partial charge in [-0.3, -0.25) is 9.59 Å². The molecule has 1 saturated carbocycles. The molecule has 2 aromatic carbocycles. The second-order valence-corrected chi connectivity index (χ2v) is 8.50. The number of hydrogen-bond donors (Lipinski definition) is 2. The largest absolute Gasteiger partial charge is 0.465 e. The smallest absolute Gasteiger partial charge is 0.313 e. The monoisotopic (exact) mass is 405 g/mol. The van der Waals surface area contributed by atoms with Gasteiger partial charge in [-0.05, 0) is 48.9 Å². The number of rotatable bonds is 7. The van der Waals surface area contributed by atoms with E-state index in [0.717, 1.165) is 23.1 Å². The van der Waals surface area contributed by atoms with E-state index in [2.05, 4.69) is 11.9 Å². The van der Waals surface area contributed by atoms with Crippen molar-refractivity contribution in [2.45, 2.75) is 31.7 Å². The number of benzene rings is 2. The van der Waals surface area contributed by atoms with Gasteiger partial charge in [-0.1, -0.05) is 54.6 Å². The average molecular weight is 405 g/mol. The number of ether oxygens (including phenoxy) is 1. The maximum atomic E-state index is 12.6. The van der Waals surface area contributed by atoms with Gasteiger partial charge in [0.25, 0.3) is 5.91 Å². The number of amides is 1. The summed E-state index contributed by atoms with van der Waals surface area (Å²) in [5.74, 6) is -0.148. The molecule has 5 heteroatoms. The topological polar surface area (TPSA) is 75.6 Å². The first-order valence-electron chi connectivity index (χ1n) is 10.4. The number of aliphatic hydroxyl groups excluding tert-OH is 1. The van der Waals surface area contributed by atoms with Crippen LogP contribution in [-0.2, 0) is 22.4 Å². The molecule has 0 aromatic heterocycles. The molecule has 0 spiro atoms. The predicted octanol–water partition coefficient (Wildman–Crippen LogP) is 3.07. The molecule has 30 heavy (non-hydrogen) atoms. The Hall–Kier alpha value is -2.92. The third-order valence-corrected chi connectivity index (χ3v) is 6.32. The lowest BCUT2D eigenvalue weighted by atomic mass is 9.75. The summed E-state index contributed by atoms with van der Waals surface area (Å²) in [6.45, 7) is 4.42. The summed E-state index contributed by atoms with van der Waals surface area (Å²) in [5.41, 5.74) is 3.21. The molecule has 0 radical (unpaired) electrons. The van der Waals surface area contributed by atoms with Gasteiger partial charge < -0.3 is 15.2 Å². The molecule has 1 aliphatic carbocycles. The molecule has 2 fully saturated rings. The number of hydrogen-bond acceptors (Lipinski definition) is 4. The number of esters is 1. The zero-order valence-electron chi connectivity index (χ0n) is 17.0. The van der Waals surface area contributed by atoms with Gasteiger partial charge in [0.2, 0.25) is 0 Å². The Labute approximate surface area is 176 Å². The van der Waals surface area contributed by atoms with Crippen LogP contribution in [0.4, 0.5) is 0 Å². The third-order valence-electron chi connectivity index (χ3n) is 6.32. The Morgan fingerprint density at radius 2 is 1.90 bits per heavy atom. The normalized spacial score (nSPS) is 23.7. The Bertz CT molecular complexity index is 937. The molecule has 2 unspecified atom stereocenters. The Morgan fingerprint density at radius 3 is 2.60 bits per heavy atom. The second-order valence-electron chi connectivity index (χ2n) is 8.50. The van der Waals surface area contributed by atoms with E-state index in [1.807, 2.05) is 42.5 Å². The molecule has 1 amide bonds. The van der Waals surface area contributed by atoms with Gasteiger partial charge in [-0.15, -0.1) is 0 Å². The van der Waals surface area contributed by atoms with Crippen LogP contribution in [0.3, 0.4) is 0 Å². The third kappa shape index (κ3) is 4.03. The van der Waals surface area contributed by atoms with E-state index >= 15 is 0 Å². The minimum absolute atomic E-state index is 0.125. The first-order chi connectivity index (χ1) is 14.5. The molecule has 1 aliphatic heterocycles. The van der Waals surface area contributed by atoms with E-state index in [-0.39, 0.29) is 30.4 Å². The van der Waals surface area contributed by atoms with Gasteiger partial charge in [0, 0.05) is 11.5 Å². The van der Waals surface area contributed by atoms with Crippen molar-refractivity contribution in [2.24, 2.45) is 11.3 Å². The van der Waals surface area contributed by atoms with Gasteiger partial charge in [-0.2, -0.15) is 0 Å². The Kier molecular flexibility index (Phi) is 5.73. The lowest BCUT2D eigenvalue weighted by Crippen LogP contribution is -2.39. The highest BCUT2D eigenvalue weighted by Crippen LogP contribution is 2.52. The number of aliphatic hydroxyl groups is 1. The van der Waals surface area contributed by atoms with Crippen molar-refractivity contribution < 1.29 is 19.4 Å². The fraction of sp³-hybridized carbons (Fsp3) is 0.360. The predicted molar refractivity (Wildman–Crippen MR) is 114 cm³/mol. The Morgan fingerprint density at radius 1 is 1.17 bits per heavy atom. The summed E-state index contributed by atoms with van der Waals surface area (Å²) < 4.78 is 5.34. The summed E-state index contributed by atoms with van der Waals surface area (Å²) in [7, 11) is 0. The van der Waals surface area contributed by atoms with E-state index in [4.69, 9.17) is 4.74 Å².